The molecule has 0 fully saturated rings. The van der Waals surface area contributed by atoms with E-state index in [2.05, 4.69) is 10.6 Å². The van der Waals surface area contributed by atoms with Crippen LogP contribution in [0.2, 0.25) is 0 Å². The number of nitrogens with one attached hydrogen (secondary N) is 2. The number of halogens is 2. The molecule has 3 nitrogen and oxygen atoms in total. The zero-order chi connectivity index (χ0) is 13.1. The van der Waals surface area contributed by atoms with Crippen LogP contribution in [0, 0.1) is 0 Å². The zero-order valence-corrected chi connectivity index (χ0v) is 10.1. The number of rotatable bonds is 3. The second-order valence-electron chi connectivity index (χ2n) is 4.56. The predicted octanol–water partition coefficient (Wildman–Crippen LogP) is 2.36. The lowest BCUT2D eigenvalue weighted by atomic mass is 9.87. The van der Waals surface area contributed by atoms with Gasteiger partial charge in [0.1, 0.15) is 0 Å². The second kappa shape index (κ2) is 5.33. The Labute approximate surface area is 105 Å². The van der Waals surface area contributed by atoms with Crippen LogP contribution in [0.1, 0.15) is 24.8 Å². The molecule has 5 heteroatoms. The van der Waals surface area contributed by atoms with Crippen molar-refractivity contribution in [3.05, 3.63) is 29.8 Å². The van der Waals surface area contributed by atoms with Crippen LogP contribution in [-0.4, -0.2) is 24.9 Å². The van der Waals surface area contributed by atoms with E-state index < -0.39 is 13.0 Å². The lowest BCUT2D eigenvalue weighted by Gasteiger charge is -2.30. The molecule has 1 aliphatic rings. The van der Waals surface area contributed by atoms with E-state index >= 15 is 0 Å². The average Bonchev–Trinajstić information content (AvgIpc) is 2.34. The highest BCUT2D eigenvalue weighted by Gasteiger charge is 2.29. The van der Waals surface area contributed by atoms with Crippen LogP contribution in [0.15, 0.2) is 24.3 Å². The quantitative estimate of drug-likeness (QED) is 0.869. The van der Waals surface area contributed by atoms with Gasteiger partial charge in [0.05, 0.1) is 12.5 Å². The van der Waals surface area contributed by atoms with E-state index in [1.807, 2.05) is 31.2 Å². The number of anilines is 1. The van der Waals surface area contributed by atoms with Gasteiger partial charge in [-0.25, -0.2) is 8.78 Å². The molecule has 2 unspecified atom stereocenters. The fourth-order valence-electron chi connectivity index (χ4n) is 2.29. The van der Waals surface area contributed by atoms with Gasteiger partial charge in [0.15, 0.2) is 0 Å². The molecule has 0 saturated heterocycles. The Hall–Kier alpha value is -1.65. The third kappa shape index (κ3) is 2.78. The van der Waals surface area contributed by atoms with Gasteiger partial charge in [-0.2, -0.15) is 0 Å². The molecule has 1 amide bonds. The van der Waals surface area contributed by atoms with E-state index in [-0.39, 0.29) is 17.9 Å². The van der Waals surface area contributed by atoms with Crippen molar-refractivity contribution in [3.63, 3.8) is 0 Å². The molecule has 1 aromatic carbocycles. The van der Waals surface area contributed by atoms with Crippen LogP contribution in [0.4, 0.5) is 14.5 Å². The van der Waals surface area contributed by atoms with Crippen molar-refractivity contribution >= 4 is 11.6 Å². The second-order valence-corrected chi connectivity index (χ2v) is 4.56. The number of hydrogen-bond donors (Lipinski definition) is 2. The monoisotopic (exact) mass is 254 g/mol. The minimum atomic E-state index is -2.51. The first-order valence-electron chi connectivity index (χ1n) is 5.99. The van der Waals surface area contributed by atoms with E-state index in [1.165, 1.54) is 0 Å². The van der Waals surface area contributed by atoms with Crippen LogP contribution in [-0.2, 0) is 4.79 Å². The molecule has 0 radical (unpaired) electrons. The average molecular weight is 254 g/mol. The van der Waals surface area contributed by atoms with Gasteiger partial charge >= 0.3 is 0 Å². The molecule has 1 aliphatic heterocycles. The molecule has 1 heterocycles. The molecule has 2 atom stereocenters. The lowest BCUT2D eigenvalue weighted by molar-refractivity contribution is -0.123. The molecule has 1 aromatic rings. The number of fused-ring (bicyclic) bond motifs is 1. The number of carbonyl (C=O) groups is 1. The van der Waals surface area contributed by atoms with Crippen LogP contribution < -0.4 is 10.6 Å². The summed E-state index contributed by atoms with van der Waals surface area (Å²) in [6.45, 7) is 1.39. The molecule has 0 saturated carbocycles. The molecule has 18 heavy (non-hydrogen) atoms. The van der Waals surface area contributed by atoms with Gasteiger partial charge in [-0.15, -0.1) is 0 Å². The van der Waals surface area contributed by atoms with Crippen molar-refractivity contribution in [2.24, 2.45) is 0 Å². The topological polar surface area (TPSA) is 41.1 Å². The molecule has 0 bridgehead atoms. The molecule has 2 rings (SSSR count). The summed E-state index contributed by atoms with van der Waals surface area (Å²) in [6, 6.07) is 7.66. The van der Waals surface area contributed by atoms with Crippen LogP contribution in [0.3, 0.4) is 0 Å². The SMILES string of the molecule is CC1CC(C(=O)NCC(F)F)c2ccccc2N1. The summed E-state index contributed by atoms with van der Waals surface area (Å²) < 4.78 is 24.2. The Morgan fingerprint density at radius 1 is 1.50 bits per heavy atom. The summed E-state index contributed by atoms with van der Waals surface area (Å²) in [5.74, 6) is -0.674. The summed E-state index contributed by atoms with van der Waals surface area (Å²) in [5.41, 5.74) is 1.79. The van der Waals surface area contributed by atoms with Crippen LogP contribution >= 0.6 is 0 Å². The van der Waals surface area contributed by atoms with Crippen molar-refractivity contribution in [2.75, 3.05) is 11.9 Å². The molecule has 2 N–H and O–H groups in total. The van der Waals surface area contributed by atoms with Gasteiger partial charge in [-0.05, 0) is 25.0 Å². The fourth-order valence-corrected chi connectivity index (χ4v) is 2.29. The summed E-state index contributed by atoms with van der Waals surface area (Å²) in [4.78, 5) is 11.9. The molecular weight excluding hydrogens is 238 g/mol. The van der Waals surface area contributed by atoms with Gasteiger partial charge in [0, 0.05) is 11.7 Å². The van der Waals surface area contributed by atoms with Crippen molar-refractivity contribution in [3.8, 4) is 0 Å². The first-order chi connectivity index (χ1) is 8.58. The molecule has 0 aromatic heterocycles. The highest BCUT2D eigenvalue weighted by atomic mass is 19.3. The highest BCUT2D eigenvalue weighted by molar-refractivity contribution is 5.86. The smallest absolute Gasteiger partial charge is 0.255 e. The minimum absolute atomic E-state index is 0.155. The molecule has 0 aliphatic carbocycles. The number of carbonyl (C=O) groups excluding carboxylic acids is 1. The predicted molar refractivity (Wildman–Crippen MR) is 65.9 cm³/mol. The molecule has 0 spiro atoms. The van der Waals surface area contributed by atoms with Crippen LogP contribution in [0.5, 0.6) is 0 Å². The maximum Gasteiger partial charge on any atom is 0.255 e. The number of alkyl halides is 2. The summed E-state index contributed by atoms with van der Waals surface area (Å²) in [6.07, 6.45) is -1.89. The molecule has 98 valence electrons. The van der Waals surface area contributed by atoms with E-state index in [0.29, 0.717) is 6.42 Å². The van der Waals surface area contributed by atoms with E-state index in [0.717, 1.165) is 11.3 Å². The summed E-state index contributed by atoms with van der Waals surface area (Å²) >= 11 is 0. The first kappa shape index (κ1) is 12.8. The number of para-hydroxylation sites is 1. The van der Waals surface area contributed by atoms with Crippen molar-refractivity contribution < 1.29 is 13.6 Å². The van der Waals surface area contributed by atoms with E-state index in [9.17, 15) is 13.6 Å². The summed E-state index contributed by atoms with van der Waals surface area (Å²) in [5, 5.41) is 5.58. The van der Waals surface area contributed by atoms with Crippen molar-refractivity contribution in [2.45, 2.75) is 31.7 Å². The standard InChI is InChI=1S/C13H16F2N2O/c1-8-6-10(13(18)16-7-12(14)15)9-4-2-3-5-11(9)17-8/h2-5,8,10,12,17H,6-7H2,1H3,(H,16,18). The Morgan fingerprint density at radius 3 is 2.94 bits per heavy atom. The minimum Gasteiger partial charge on any atom is -0.382 e. The maximum absolute atomic E-state index is 12.1. The van der Waals surface area contributed by atoms with Gasteiger partial charge < -0.3 is 10.6 Å². The number of hydrogen-bond acceptors (Lipinski definition) is 2. The lowest BCUT2D eigenvalue weighted by Crippen LogP contribution is -2.37. The Balaban J connectivity index is 2.15. The third-order valence-corrected chi connectivity index (χ3v) is 3.07. The van der Waals surface area contributed by atoms with Gasteiger partial charge in [0.2, 0.25) is 5.91 Å². The highest BCUT2D eigenvalue weighted by Crippen LogP contribution is 2.34. The Kier molecular flexibility index (Phi) is 3.79. The number of benzene rings is 1. The Morgan fingerprint density at radius 2 is 2.22 bits per heavy atom. The normalized spacial score (nSPS) is 22.2. The maximum atomic E-state index is 12.1. The van der Waals surface area contributed by atoms with Gasteiger partial charge in [-0.1, -0.05) is 18.2 Å². The first-order valence-corrected chi connectivity index (χ1v) is 5.99. The van der Waals surface area contributed by atoms with Crippen molar-refractivity contribution in [1.82, 2.24) is 5.32 Å². The van der Waals surface area contributed by atoms with Crippen molar-refractivity contribution in [1.29, 1.82) is 0 Å². The van der Waals surface area contributed by atoms with E-state index in [1.54, 1.807) is 0 Å². The van der Waals surface area contributed by atoms with Gasteiger partial charge in [-0.3, -0.25) is 4.79 Å². The zero-order valence-electron chi connectivity index (χ0n) is 10.1. The third-order valence-electron chi connectivity index (χ3n) is 3.07. The van der Waals surface area contributed by atoms with E-state index in [4.69, 9.17) is 0 Å². The van der Waals surface area contributed by atoms with Crippen LogP contribution in [0.25, 0.3) is 0 Å². The van der Waals surface area contributed by atoms with Gasteiger partial charge in [0.25, 0.3) is 6.43 Å². The fraction of sp³-hybridized carbons (Fsp3) is 0.462. The largest absolute Gasteiger partial charge is 0.382 e. The Bertz CT molecular complexity index is 437. The number of amides is 1. The summed E-state index contributed by atoms with van der Waals surface area (Å²) in [7, 11) is 0. The molecular formula is C13H16F2N2O.